The lowest BCUT2D eigenvalue weighted by molar-refractivity contribution is 0.462. The van der Waals surface area contributed by atoms with Crippen molar-refractivity contribution in [1.82, 2.24) is 5.32 Å². The van der Waals surface area contributed by atoms with Gasteiger partial charge in [0.25, 0.3) is 0 Å². The highest BCUT2D eigenvalue weighted by Gasteiger charge is 2.06. The predicted molar refractivity (Wildman–Crippen MR) is 65.7 cm³/mol. The van der Waals surface area contributed by atoms with Gasteiger partial charge in [-0.1, -0.05) is 45.1 Å². The highest BCUT2D eigenvalue weighted by molar-refractivity contribution is 4.92. The van der Waals surface area contributed by atoms with Gasteiger partial charge in [-0.25, -0.2) is 0 Å². The molecule has 0 saturated heterocycles. The Morgan fingerprint density at radius 3 is 2.43 bits per heavy atom. The molecule has 84 valence electrons. The topological polar surface area (TPSA) is 12.0 Å². The third-order valence-corrected chi connectivity index (χ3v) is 2.49. The fraction of sp³-hybridized carbons (Fsp3) is 0.846. The van der Waals surface area contributed by atoms with Gasteiger partial charge in [0.2, 0.25) is 0 Å². The summed E-state index contributed by atoms with van der Waals surface area (Å²) in [6, 6.07) is 0.661. The maximum atomic E-state index is 3.98. The van der Waals surface area contributed by atoms with Gasteiger partial charge in [-0.3, -0.25) is 0 Å². The maximum absolute atomic E-state index is 3.98. The van der Waals surface area contributed by atoms with Crippen molar-refractivity contribution in [1.29, 1.82) is 0 Å². The Labute approximate surface area is 90.0 Å². The summed E-state index contributed by atoms with van der Waals surface area (Å²) in [6.45, 7) is 11.6. The Hall–Kier alpha value is -0.300. The Morgan fingerprint density at radius 1 is 1.21 bits per heavy atom. The van der Waals surface area contributed by atoms with Crippen molar-refractivity contribution in [2.75, 3.05) is 6.54 Å². The zero-order valence-corrected chi connectivity index (χ0v) is 10.2. The van der Waals surface area contributed by atoms with Gasteiger partial charge < -0.3 is 5.32 Å². The lowest BCUT2D eigenvalue weighted by Gasteiger charge is -2.17. The van der Waals surface area contributed by atoms with Crippen LogP contribution in [0.4, 0.5) is 0 Å². The van der Waals surface area contributed by atoms with E-state index in [1.165, 1.54) is 37.7 Å². The molecule has 0 bridgehead atoms. The summed E-state index contributed by atoms with van der Waals surface area (Å²) in [6.07, 6.45) is 7.90. The van der Waals surface area contributed by atoms with Gasteiger partial charge in [0.1, 0.15) is 0 Å². The van der Waals surface area contributed by atoms with E-state index in [1.807, 2.05) is 0 Å². The van der Waals surface area contributed by atoms with Crippen LogP contribution in [0.3, 0.4) is 0 Å². The monoisotopic (exact) mass is 197 g/mol. The summed E-state index contributed by atoms with van der Waals surface area (Å²) in [5, 5.41) is 3.53. The fourth-order valence-electron chi connectivity index (χ4n) is 1.80. The average Bonchev–Trinajstić information content (AvgIpc) is 2.12. The van der Waals surface area contributed by atoms with E-state index < -0.39 is 0 Å². The van der Waals surface area contributed by atoms with E-state index in [0.29, 0.717) is 6.04 Å². The molecule has 0 spiro atoms. The molecule has 1 N–H and O–H groups in total. The molecule has 1 nitrogen and oxygen atoms in total. The van der Waals surface area contributed by atoms with Crippen molar-refractivity contribution < 1.29 is 0 Å². The summed E-state index contributed by atoms with van der Waals surface area (Å²) in [5.41, 5.74) is 1.30. The number of hydrogen-bond acceptors (Lipinski definition) is 1. The third kappa shape index (κ3) is 8.31. The lowest BCUT2D eigenvalue weighted by atomic mass is 10.0. The van der Waals surface area contributed by atoms with Crippen LogP contribution in [0.5, 0.6) is 0 Å². The van der Waals surface area contributed by atoms with Crippen molar-refractivity contribution in [3.63, 3.8) is 0 Å². The zero-order chi connectivity index (χ0) is 10.8. The van der Waals surface area contributed by atoms with Crippen molar-refractivity contribution in [3.05, 3.63) is 12.2 Å². The Kier molecular flexibility index (Phi) is 9.06. The van der Waals surface area contributed by atoms with Crippen molar-refractivity contribution in [2.45, 2.75) is 65.3 Å². The van der Waals surface area contributed by atoms with Crippen molar-refractivity contribution in [2.24, 2.45) is 0 Å². The van der Waals surface area contributed by atoms with Crippen molar-refractivity contribution in [3.8, 4) is 0 Å². The molecule has 0 radical (unpaired) electrons. The largest absolute Gasteiger partial charge is 0.314 e. The number of hydrogen-bond donors (Lipinski definition) is 1. The molecule has 0 rings (SSSR count). The molecule has 1 atom stereocenters. The Balaban J connectivity index is 3.56. The first kappa shape index (κ1) is 13.7. The first-order chi connectivity index (χ1) is 6.70. The average molecular weight is 197 g/mol. The van der Waals surface area contributed by atoms with Gasteiger partial charge in [-0.2, -0.15) is 0 Å². The summed E-state index contributed by atoms with van der Waals surface area (Å²) in [4.78, 5) is 0. The molecule has 0 aliphatic heterocycles. The summed E-state index contributed by atoms with van der Waals surface area (Å²) in [5.74, 6) is 0. The van der Waals surface area contributed by atoms with Gasteiger partial charge in [0.05, 0.1) is 0 Å². The number of rotatable bonds is 9. The maximum Gasteiger partial charge on any atom is 0.0104 e. The Morgan fingerprint density at radius 2 is 1.93 bits per heavy atom. The van der Waals surface area contributed by atoms with E-state index in [4.69, 9.17) is 0 Å². The summed E-state index contributed by atoms with van der Waals surface area (Å²) < 4.78 is 0. The second-order valence-corrected chi connectivity index (χ2v) is 4.27. The van der Waals surface area contributed by atoms with E-state index in [-0.39, 0.29) is 0 Å². The van der Waals surface area contributed by atoms with Crippen LogP contribution in [0.2, 0.25) is 0 Å². The fourth-order valence-corrected chi connectivity index (χ4v) is 1.80. The van der Waals surface area contributed by atoms with Crippen LogP contribution < -0.4 is 5.32 Å². The van der Waals surface area contributed by atoms with E-state index in [0.717, 1.165) is 13.0 Å². The van der Waals surface area contributed by atoms with Crippen LogP contribution in [-0.2, 0) is 0 Å². The van der Waals surface area contributed by atoms with Gasteiger partial charge in [0, 0.05) is 6.04 Å². The molecule has 0 amide bonds. The lowest BCUT2D eigenvalue weighted by Crippen LogP contribution is -2.28. The Bertz CT molecular complexity index is 140. The van der Waals surface area contributed by atoms with Gasteiger partial charge >= 0.3 is 0 Å². The highest BCUT2D eigenvalue weighted by atomic mass is 14.9. The molecule has 0 fully saturated rings. The van der Waals surface area contributed by atoms with Gasteiger partial charge in [0.15, 0.2) is 0 Å². The molecule has 0 aromatic carbocycles. The van der Waals surface area contributed by atoms with Crippen molar-refractivity contribution >= 4 is 0 Å². The van der Waals surface area contributed by atoms with Gasteiger partial charge in [-0.05, 0) is 26.3 Å². The van der Waals surface area contributed by atoms with Crippen LogP contribution in [-0.4, -0.2) is 12.6 Å². The van der Waals surface area contributed by atoms with E-state index >= 15 is 0 Å². The predicted octanol–water partition coefficient (Wildman–Crippen LogP) is 3.90. The molecule has 0 aromatic heterocycles. The van der Waals surface area contributed by atoms with Crippen LogP contribution in [0.25, 0.3) is 0 Å². The molecule has 14 heavy (non-hydrogen) atoms. The number of unbranched alkanes of at least 4 members (excludes halogenated alkanes) is 3. The van der Waals surface area contributed by atoms with Crippen LogP contribution in [0.15, 0.2) is 12.2 Å². The second kappa shape index (κ2) is 9.26. The van der Waals surface area contributed by atoms with E-state index in [1.54, 1.807) is 0 Å². The van der Waals surface area contributed by atoms with Crippen LogP contribution in [0, 0.1) is 0 Å². The van der Waals surface area contributed by atoms with Crippen LogP contribution in [0.1, 0.15) is 59.3 Å². The normalized spacial score (nSPS) is 12.8. The molecule has 0 heterocycles. The first-order valence-electron chi connectivity index (χ1n) is 6.08. The minimum Gasteiger partial charge on any atom is -0.314 e. The third-order valence-electron chi connectivity index (χ3n) is 2.49. The molecular formula is C13H27N. The smallest absolute Gasteiger partial charge is 0.0104 e. The molecule has 1 heteroatoms. The summed E-state index contributed by atoms with van der Waals surface area (Å²) in [7, 11) is 0. The minimum atomic E-state index is 0.661. The molecule has 1 unspecified atom stereocenters. The molecular weight excluding hydrogens is 170 g/mol. The quantitative estimate of drug-likeness (QED) is 0.436. The SMILES string of the molecule is C=C(C)CC(CCCCCC)NCC. The van der Waals surface area contributed by atoms with E-state index in [2.05, 4.69) is 32.7 Å². The van der Waals surface area contributed by atoms with Crippen LogP contribution >= 0.6 is 0 Å². The minimum absolute atomic E-state index is 0.661. The molecule has 0 aliphatic rings. The highest BCUT2D eigenvalue weighted by Crippen LogP contribution is 2.11. The van der Waals surface area contributed by atoms with Gasteiger partial charge in [-0.15, -0.1) is 6.58 Å². The molecule has 0 aromatic rings. The molecule has 0 saturated carbocycles. The first-order valence-corrected chi connectivity index (χ1v) is 6.08. The summed E-state index contributed by atoms with van der Waals surface area (Å²) >= 11 is 0. The standard InChI is InChI=1S/C13H27N/c1-5-7-8-9-10-13(14-6-2)11-12(3)4/h13-14H,3,5-11H2,1-2,4H3. The molecule has 0 aliphatic carbocycles. The zero-order valence-electron chi connectivity index (χ0n) is 10.2. The number of nitrogens with one attached hydrogen (secondary N) is 1. The van der Waals surface area contributed by atoms with E-state index in [9.17, 15) is 0 Å². The second-order valence-electron chi connectivity index (χ2n) is 4.27.